The molecule has 0 N–H and O–H groups in total. The molecule has 0 saturated carbocycles. The minimum atomic E-state index is -0.769. The number of allylic oxidation sites excluding steroid dienone is 6. The average molecular weight is 1150 g/mol. The van der Waals surface area contributed by atoms with Gasteiger partial charge in [0, 0.05) is 19.3 Å². The van der Waals surface area contributed by atoms with E-state index in [0.29, 0.717) is 19.3 Å². The molecule has 0 heterocycles. The first kappa shape index (κ1) is 79.6. The predicted octanol–water partition coefficient (Wildman–Crippen LogP) is 25.5. The molecule has 482 valence electrons. The summed E-state index contributed by atoms with van der Waals surface area (Å²) >= 11 is 0. The minimum absolute atomic E-state index is 0.0673. The first-order valence-corrected chi connectivity index (χ1v) is 37.0. The smallest absolute Gasteiger partial charge is 0.306 e. The molecular weight excluding hydrogens is 1010 g/mol. The van der Waals surface area contributed by atoms with Crippen molar-refractivity contribution in [3.63, 3.8) is 0 Å². The first-order chi connectivity index (χ1) is 40.5. The average Bonchev–Trinajstić information content (AvgIpc) is 3.48. The van der Waals surface area contributed by atoms with E-state index in [0.717, 1.165) is 70.6 Å². The lowest BCUT2D eigenvalue weighted by molar-refractivity contribution is -0.167. The number of rotatable bonds is 69. The second-order valence-corrected chi connectivity index (χ2v) is 25.2. The van der Waals surface area contributed by atoms with Gasteiger partial charge in [-0.2, -0.15) is 0 Å². The van der Waals surface area contributed by atoms with Crippen molar-refractivity contribution in [2.24, 2.45) is 0 Å². The molecule has 6 heteroatoms. The summed E-state index contributed by atoms with van der Waals surface area (Å²) in [6, 6.07) is 0. The van der Waals surface area contributed by atoms with Crippen LogP contribution in [0.3, 0.4) is 0 Å². The van der Waals surface area contributed by atoms with Gasteiger partial charge in [-0.05, 0) is 57.8 Å². The van der Waals surface area contributed by atoms with Gasteiger partial charge in [-0.3, -0.25) is 14.4 Å². The van der Waals surface area contributed by atoms with Crippen LogP contribution in [0.4, 0.5) is 0 Å². The summed E-state index contributed by atoms with van der Waals surface area (Å²) in [4.78, 5) is 38.2. The Hall–Kier alpha value is -2.37. The summed E-state index contributed by atoms with van der Waals surface area (Å²) in [7, 11) is 0. The molecule has 6 nitrogen and oxygen atoms in total. The van der Waals surface area contributed by atoms with E-state index >= 15 is 0 Å². The Morgan fingerprint density at radius 2 is 0.439 bits per heavy atom. The Morgan fingerprint density at radius 1 is 0.244 bits per heavy atom. The van der Waals surface area contributed by atoms with E-state index in [-0.39, 0.29) is 31.1 Å². The van der Waals surface area contributed by atoms with Gasteiger partial charge in [-0.15, -0.1) is 0 Å². The Balaban J connectivity index is 4.00. The van der Waals surface area contributed by atoms with Crippen LogP contribution in [-0.2, 0) is 28.6 Å². The van der Waals surface area contributed by atoms with Crippen LogP contribution in [0.5, 0.6) is 0 Å². The zero-order valence-corrected chi connectivity index (χ0v) is 55.5. The van der Waals surface area contributed by atoms with E-state index in [1.54, 1.807) is 0 Å². The Bertz CT molecular complexity index is 1370. The highest BCUT2D eigenvalue weighted by atomic mass is 16.6. The number of unbranched alkanes of at least 4 members (excludes halogenated alkanes) is 52. The normalized spacial score (nSPS) is 12.2. The second kappa shape index (κ2) is 71.1. The van der Waals surface area contributed by atoms with Crippen LogP contribution < -0.4 is 0 Å². The van der Waals surface area contributed by atoms with E-state index in [4.69, 9.17) is 14.2 Å². The van der Waals surface area contributed by atoms with E-state index in [1.165, 1.54) is 302 Å². The Morgan fingerprint density at radius 3 is 0.683 bits per heavy atom. The molecule has 1 unspecified atom stereocenters. The monoisotopic (exact) mass is 1150 g/mol. The molecule has 0 aliphatic carbocycles. The molecule has 0 aliphatic rings. The fourth-order valence-electron chi connectivity index (χ4n) is 11.3. The van der Waals surface area contributed by atoms with Crippen molar-refractivity contribution in [1.29, 1.82) is 0 Å². The van der Waals surface area contributed by atoms with E-state index < -0.39 is 6.10 Å². The molecule has 0 aromatic heterocycles. The van der Waals surface area contributed by atoms with E-state index in [9.17, 15) is 14.4 Å². The van der Waals surface area contributed by atoms with E-state index in [2.05, 4.69) is 57.2 Å². The number of carbonyl (C=O) groups is 3. The largest absolute Gasteiger partial charge is 0.462 e. The molecule has 0 rings (SSSR count). The summed E-state index contributed by atoms with van der Waals surface area (Å²) in [6.45, 7) is 6.66. The highest BCUT2D eigenvalue weighted by Gasteiger charge is 2.19. The molecule has 0 aliphatic heterocycles. The zero-order valence-electron chi connectivity index (χ0n) is 55.5. The quantitative estimate of drug-likeness (QED) is 0.0261. The molecular formula is C76H142O6. The van der Waals surface area contributed by atoms with Crippen LogP contribution in [0.2, 0.25) is 0 Å². The molecule has 0 bridgehead atoms. The van der Waals surface area contributed by atoms with Gasteiger partial charge in [0.15, 0.2) is 6.10 Å². The number of carbonyl (C=O) groups excluding carboxylic acids is 3. The summed E-state index contributed by atoms with van der Waals surface area (Å²) in [5, 5.41) is 0. The van der Waals surface area contributed by atoms with Crippen molar-refractivity contribution < 1.29 is 28.6 Å². The lowest BCUT2D eigenvalue weighted by Gasteiger charge is -2.18. The SMILES string of the molecule is CCCCCCC/C=C\C/C=C\C/C=C\CCCCCCCCCCCCCCC(=O)OC(COC(=O)CCCCCCCCC)COC(=O)CCCCCCCCCCCCCCCCCCCCCCCCCCCCCCCC. The fraction of sp³-hybridized carbons (Fsp3) is 0.882. The molecule has 0 saturated heterocycles. The molecule has 0 fully saturated rings. The van der Waals surface area contributed by atoms with Crippen LogP contribution in [0.15, 0.2) is 36.5 Å². The van der Waals surface area contributed by atoms with Crippen molar-refractivity contribution in [1.82, 2.24) is 0 Å². The minimum Gasteiger partial charge on any atom is -0.462 e. The maximum atomic E-state index is 12.9. The summed E-state index contributed by atoms with van der Waals surface area (Å²) in [5.41, 5.74) is 0. The fourth-order valence-corrected chi connectivity index (χ4v) is 11.3. The third kappa shape index (κ3) is 68.4. The van der Waals surface area contributed by atoms with Crippen molar-refractivity contribution >= 4 is 17.9 Å². The molecule has 0 amide bonds. The lowest BCUT2D eigenvalue weighted by Crippen LogP contribution is -2.30. The third-order valence-corrected chi connectivity index (χ3v) is 16.9. The third-order valence-electron chi connectivity index (χ3n) is 16.9. The van der Waals surface area contributed by atoms with Crippen molar-refractivity contribution in [3.8, 4) is 0 Å². The van der Waals surface area contributed by atoms with Crippen LogP contribution in [0.1, 0.15) is 412 Å². The number of hydrogen-bond acceptors (Lipinski definition) is 6. The molecule has 0 spiro atoms. The standard InChI is InChI=1S/C76H142O6/c1-4-7-10-13-16-18-20-22-24-26-28-30-32-34-36-37-38-40-41-43-45-47-49-51-53-55-57-60-63-66-69-75(78)81-72-73(71-80-74(77)68-65-62-59-15-12-9-6-3)82-76(79)70-67-64-61-58-56-54-52-50-48-46-44-42-39-35-33-31-29-27-25-23-21-19-17-14-11-8-5-2/h21,23,27,29,33,35,73H,4-20,22,24-26,28,30-32,34,36-72H2,1-3H3/b23-21-,29-27-,35-33-. The van der Waals surface area contributed by atoms with Gasteiger partial charge in [-0.25, -0.2) is 0 Å². The van der Waals surface area contributed by atoms with Gasteiger partial charge in [0.2, 0.25) is 0 Å². The van der Waals surface area contributed by atoms with Crippen molar-refractivity contribution in [2.45, 2.75) is 419 Å². The van der Waals surface area contributed by atoms with Crippen molar-refractivity contribution in [2.75, 3.05) is 13.2 Å². The first-order valence-electron chi connectivity index (χ1n) is 37.0. The van der Waals surface area contributed by atoms with E-state index in [1.807, 2.05) is 0 Å². The zero-order chi connectivity index (χ0) is 59.2. The topological polar surface area (TPSA) is 78.9 Å². The van der Waals surface area contributed by atoms with Gasteiger partial charge in [0.1, 0.15) is 13.2 Å². The highest BCUT2D eigenvalue weighted by molar-refractivity contribution is 5.71. The Labute approximate surface area is 512 Å². The highest BCUT2D eigenvalue weighted by Crippen LogP contribution is 2.19. The summed E-state index contributed by atoms with van der Waals surface area (Å²) in [6.07, 6.45) is 89.4. The van der Waals surface area contributed by atoms with Gasteiger partial charge in [0.25, 0.3) is 0 Å². The lowest BCUT2D eigenvalue weighted by atomic mass is 10.0. The molecule has 0 aromatic rings. The molecule has 0 radical (unpaired) electrons. The van der Waals surface area contributed by atoms with Gasteiger partial charge < -0.3 is 14.2 Å². The van der Waals surface area contributed by atoms with Crippen molar-refractivity contribution in [3.05, 3.63) is 36.5 Å². The van der Waals surface area contributed by atoms with Crippen LogP contribution >= 0.6 is 0 Å². The van der Waals surface area contributed by atoms with Crippen LogP contribution in [0.25, 0.3) is 0 Å². The Kier molecular flexibility index (Phi) is 69.1. The van der Waals surface area contributed by atoms with Gasteiger partial charge >= 0.3 is 17.9 Å². The van der Waals surface area contributed by atoms with Crippen LogP contribution in [-0.4, -0.2) is 37.2 Å². The number of hydrogen-bond donors (Lipinski definition) is 0. The number of ether oxygens (including phenoxy) is 3. The molecule has 82 heavy (non-hydrogen) atoms. The maximum absolute atomic E-state index is 12.9. The van der Waals surface area contributed by atoms with Crippen LogP contribution in [0, 0.1) is 0 Å². The van der Waals surface area contributed by atoms with Gasteiger partial charge in [0.05, 0.1) is 0 Å². The molecule has 1 atom stereocenters. The maximum Gasteiger partial charge on any atom is 0.306 e. The second-order valence-electron chi connectivity index (χ2n) is 25.2. The predicted molar refractivity (Wildman–Crippen MR) is 358 cm³/mol. The number of esters is 3. The van der Waals surface area contributed by atoms with Gasteiger partial charge in [-0.1, -0.05) is 372 Å². The summed E-state index contributed by atoms with van der Waals surface area (Å²) in [5.74, 6) is -0.848. The summed E-state index contributed by atoms with van der Waals surface area (Å²) < 4.78 is 16.9. The molecule has 0 aromatic carbocycles.